The third-order valence-electron chi connectivity index (χ3n) is 3.57. The lowest BCUT2D eigenvalue weighted by Gasteiger charge is -2.07. The van der Waals surface area contributed by atoms with Crippen LogP contribution in [0.2, 0.25) is 0 Å². The van der Waals surface area contributed by atoms with Crippen molar-refractivity contribution >= 4 is 17.6 Å². The highest BCUT2D eigenvalue weighted by atomic mass is 32.1. The molecule has 0 radical (unpaired) electrons. The molecule has 1 aromatic carbocycles. The van der Waals surface area contributed by atoms with Crippen LogP contribution >= 0.6 is 11.3 Å². The second-order valence-corrected chi connectivity index (χ2v) is 6.33. The number of thiazole rings is 1. The van der Waals surface area contributed by atoms with E-state index in [1.165, 1.54) is 17.4 Å². The lowest BCUT2D eigenvalue weighted by atomic mass is 10.0. The van der Waals surface area contributed by atoms with Crippen LogP contribution in [0.25, 0.3) is 21.8 Å². The molecule has 0 unspecified atom stereocenters. The van der Waals surface area contributed by atoms with Crippen LogP contribution in [0.15, 0.2) is 30.5 Å². The van der Waals surface area contributed by atoms with Crippen molar-refractivity contribution in [2.75, 3.05) is 0 Å². The highest BCUT2D eigenvalue weighted by Crippen LogP contribution is 2.31. The highest BCUT2D eigenvalue weighted by molar-refractivity contribution is 7.16. The van der Waals surface area contributed by atoms with Gasteiger partial charge in [-0.2, -0.15) is 5.26 Å². The maximum absolute atomic E-state index is 14.1. The Hall–Kier alpha value is -2.91. The van der Waals surface area contributed by atoms with Gasteiger partial charge in [0.05, 0.1) is 21.8 Å². The minimum absolute atomic E-state index is 0.262. The summed E-state index contributed by atoms with van der Waals surface area (Å²) in [6.07, 6.45) is 2.30. The molecule has 24 heavy (non-hydrogen) atoms. The van der Waals surface area contributed by atoms with Crippen LogP contribution in [-0.2, 0) is 0 Å². The van der Waals surface area contributed by atoms with Gasteiger partial charge >= 0.3 is 0 Å². The third kappa shape index (κ3) is 2.82. The first kappa shape index (κ1) is 16.0. The molecule has 0 aliphatic heterocycles. The van der Waals surface area contributed by atoms with E-state index < -0.39 is 5.82 Å². The molecule has 0 bridgehead atoms. The number of benzene rings is 1. The maximum Gasteiger partial charge on any atom is 0.161 e. The summed E-state index contributed by atoms with van der Waals surface area (Å²) in [7, 11) is 0. The van der Waals surface area contributed by atoms with Crippen LogP contribution < -0.4 is 0 Å². The number of pyridine rings is 1. The standard InChI is InChI=1S/C18H12FN3OS/c1-10-3-4-15(19)14(5-10)17-12(7-20)6-13(8-21-17)18-22-11(2)16(9-23)24-18/h3-6,8-9H,1-2H3. The van der Waals surface area contributed by atoms with E-state index in [1.54, 1.807) is 31.3 Å². The molecule has 4 nitrogen and oxygen atoms in total. The monoisotopic (exact) mass is 337 g/mol. The molecule has 0 saturated carbocycles. The number of carbonyl (C=O) groups excluding carboxylic acids is 1. The molecule has 6 heteroatoms. The number of aryl methyl sites for hydroxylation is 2. The zero-order chi connectivity index (χ0) is 17.3. The summed E-state index contributed by atoms with van der Waals surface area (Å²) in [5, 5.41) is 10.0. The van der Waals surface area contributed by atoms with E-state index in [0.717, 1.165) is 11.8 Å². The first-order valence-corrected chi connectivity index (χ1v) is 7.94. The largest absolute Gasteiger partial charge is 0.297 e. The molecule has 0 atom stereocenters. The summed E-state index contributed by atoms with van der Waals surface area (Å²) in [6, 6.07) is 8.38. The van der Waals surface area contributed by atoms with Gasteiger partial charge in [0.1, 0.15) is 16.9 Å². The number of hydrogen-bond donors (Lipinski definition) is 0. The van der Waals surface area contributed by atoms with Crippen LogP contribution in [0.5, 0.6) is 0 Å². The number of halogens is 1. The minimum Gasteiger partial charge on any atom is -0.297 e. The van der Waals surface area contributed by atoms with Gasteiger partial charge in [-0.1, -0.05) is 11.6 Å². The van der Waals surface area contributed by atoms with Crippen LogP contribution in [0.1, 0.15) is 26.5 Å². The fraction of sp³-hybridized carbons (Fsp3) is 0.111. The van der Waals surface area contributed by atoms with Crippen molar-refractivity contribution < 1.29 is 9.18 Å². The topological polar surface area (TPSA) is 66.6 Å². The maximum atomic E-state index is 14.1. The van der Waals surface area contributed by atoms with E-state index in [4.69, 9.17) is 0 Å². The average molecular weight is 337 g/mol. The third-order valence-corrected chi connectivity index (χ3v) is 4.70. The van der Waals surface area contributed by atoms with Gasteiger partial charge in [0.25, 0.3) is 0 Å². The molecule has 3 aromatic rings. The smallest absolute Gasteiger partial charge is 0.161 e. The van der Waals surface area contributed by atoms with Gasteiger partial charge in [-0.15, -0.1) is 11.3 Å². The van der Waals surface area contributed by atoms with Gasteiger partial charge in [0.2, 0.25) is 0 Å². The Kier molecular flexibility index (Phi) is 4.19. The lowest BCUT2D eigenvalue weighted by molar-refractivity contribution is 0.112. The van der Waals surface area contributed by atoms with Crippen molar-refractivity contribution in [1.29, 1.82) is 5.26 Å². The summed E-state index contributed by atoms with van der Waals surface area (Å²) in [5.41, 5.74) is 3.00. The van der Waals surface area contributed by atoms with Crippen molar-refractivity contribution in [3.05, 3.63) is 58.0 Å². The second-order valence-electron chi connectivity index (χ2n) is 5.30. The number of carbonyl (C=O) groups is 1. The SMILES string of the molecule is Cc1ccc(F)c(-c2ncc(-c3nc(C)c(C=O)s3)cc2C#N)c1. The predicted molar refractivity (Wildman–Crippen MR) is 90.3 cm³/mol. The normalized spacial score (nSPS) is 10.4. The molecular formula is C18H12FN3OS. The summed E-state index contributed by atoms with van der Waals surface area (Å²) in [6.45, 7) is 3.60. The minimum atomic E-state index is -0.425. The molecule has 118 valence electrons. The van der Waals surface area contributed by atoms with Crippen molar-refractivity contribution in [3.8, 4) is 27.9 Å². The average Bonchev–Trinajstić information content (AvgIpc) is 2.97. The Bertz CT molecular complexity index is 988. The molecule has 2 heterocycles. The molecule has 0 saturated heterocycles. The van der Waals surface area contributed by atoms with Crippen LogP contribution in [0, 0.1) is 31.0 Å². The van der Waals surface area contributed by atoms with Crippen molar-refractivity contribution in [2.24, 2.45) is 0 Å². The van der Waals surface area contributed by atoms with Crippen LogP contribution in [0.4, 0.5) is 4.39 Å². The molecule has 0 aliphatic rings. The quantitative estimate of drug-likeness (QED) is 0.668. The van der Waals surface area contributed by atoms with Crippen LogP contribution in [-0.4, -0.2) is 16.3 Å². The Labute approximate surface area is 142 Å². The van der Waals surface area contributed by atoms with Crippen LogP contribution in [0.3, 0.4) is 0 Å². The highest BCUT2D eigenvalue weighted by Gasteiger charge is 2.15. The molecule has 0 N–H and O–H groups in total. The Morgan fingerprint density at radius 3 is 2.75 bits per heavy atom. The molecule has 0 amide bonds. The Morgan fingerprint density at radius 1 is 1.29 bits per heavy atom. The van der Waals surface area contributed by atoms with Crippen molar-refractivity contribution in [2.45, 2.75) is 13.8 Å². The van der Waals surface area contributed by atoms with Gasteiger partial charge in [-0.3, -0.25) is 9.78 Å². The zero-order valence-corrected chi connectivity index (χ0v) is 13.8. The fourth-order valence-electron chi connectivity index (χ4n) is 2.34. The second kappa shape index (κ2) is 6.30. The van der Waals surface area contributed by atoms with Gasteiger partial charge in [0, 0.05) is 17.3 Å². The van der Waals surface area contributed by atoms with E-state index in [0.29, 0.717) is 32.4 Å². The summed E-state index contributed by atoms with van der Waals surface area (Å²) in [4.78, 5) is 20.1. The van der Waals surface area contributed by atoms with Gasteiger partial charge in [-0.05, 0) is 32.0 Å². The van der Waals surface area contributed by atoms with Gasteiger partial charge < -0.3 is 0 Å². The number of nitriles is 1. The van der Waals surface area contributed by atoms with Gasteiger partial charge in [0.15, 0.2) is 6.29 Å². The fourth-order valence-corrected chi connectivity index (χ4v) is 3.21. The number of rotatable bonds is 3. The predicted octanol–water partition coefficient (Wildman–Crippen LogP) is 4.31. The molecule has 0 spiro atoms. The zero-order valence-electron chi connectivity index (χ0n) is 13.0. The van der Waals surface area contributed by atoms with E-state index in [9.17, 15) is 14.4 Å². The molecular weight excluding hydrogens is 325 g/mol. The summed E-state index contributed by atoms with van der Waals surface area (Å²) < 4.78 is 14.1. The van der Waals surface area contributed by atoms with E-state index in [1.807, 2.05) is 6.92 Å². The summed E-state index contributed by atoms with van der Waals surface area (Å²) in [5.74, 6) is -0.425. The van der Waals surface area contributed by atoms with Gasteiger partial charge in [-0.25, -0.2) is 9.37 Å². The van der Waals surface area contributed by atoms with E-state index in [-0.39, 0.29) is 5.56 Å². The Balaban J connectivity index is 2.13. The van der Waals surface area contributed by atoms with Crippen molar-refractivity contribution in [1.82, 2.24) is 9.97 Å². The molecule has 0 fully saturated rings. The Morgan fingerprint density at radius 2 is 2.08 bits per heavy atom. The van der Waals surface area contributed by atoms with E-state index >= 15 is 0 Å². The number of hydrogen-bond acceptors (Lipinski definition) is 5. The number of aromatic nitrogens is 2. The first-order chi connectivity index (χ1) is 11.5. The summed E-state index contributed by atoms with van der Waals surface area (Å²) >= 11 is 1.24. The molecule has 2 aromatic heterocycles. The number of nitrogens with zero attached hydrogens (tertiary/aromatic N) is 3. The first-order valence-electron chi connectivity index (χ1n) is 7.13. The molecule has 3 rings (SSSR count). The number of aldehydes is 1. The molecule has 0 aliphatic carbocycles. The van der Waals surface area contributed by atoms with Crippen molar-refractivity contribution in [3.63, 3.8) is 0 Å². The van der Waals surface area contributed by atoms with E-state index in [2.05, 4.69) is 16.0 Å². The lowest BCUT2D eigenvalue weighted by Crippen LogP contribution is -1.94.